The molecule has 3 aromatic rings. The lowest BCUT2D eigenvalue weighted by Crippen LogP contribution is -2.55. The molecule has 0 saturated carbocycles. The molecule has 2 aromatic carbocycles. The number of carboxylic acids is 1. The molecule has 0 amide bonds. The smallest absolute Gasteiger partial charge is 0.317 e. The van der Waals surface area contributed by atoms with Crippen molar-refractivity contribution in [3.05, 3.63) is 65.9 Å². The fourth-order valence-corrected chi connectivity index (χ4v) is 4.29. The third-order valence-corrected chi connectivity index (χ3v) is 5.75. The number of hydrogen-bond acceptors (Lipinski definition) is 5. The predicted octanol–water partition coefficient (Wildman–Crippen LogP) is 3.37. The van der Waals surface area contributed by atoms with Gasteiger partial charge in [-0.1, -0.05) is 30.3 Å². The molecule has 0 bridgehead atoms. The van der Waals surface area contributed by atoms with Crippen molar-refractivity contribution in [2.24, 2.45) is 0 Å². The van der Waals surface area contributed by atoms with E-state index in [1.807, 2.05) is 37.3 Å². The monoisotopic (exact) mass is 405 g/mol. The first-order valence-electron chi connectivity index (χ1n) is 10.2. The number of aryl methyl sites for hydroxylation is 1. The summed E-state index contributed by atoms with van der Waals surface area (Å²) in [6, 6.07) is 18.6. The molecule has 1 N–H and O–H groups in total. The van der Waals surface area contributed by atoms with Crippen LogP contribution in [0.2, 0.25) is 0 Å². The molecule has 6 heteroatoms. The minimum atomic E-state index is -0.781. The van der Waals surface area contributed by atoms with Crippen molar-refractivity contribution in [2.45, 2.75) is 19.4 Å². The van der Waals surface area contributed by atoms with Gasteiger partial charge in [0.2, 0.25) is 0 Å². The van der Waals surface area contributed by atoms with Gasteiger partial charge in [0.1, 0.15) is 11.3 Å². The van der Waals surface area contributed by atoms with Crippen LogP contribution in [-0.2, 0) is 11.2 Å². The minimum Gasteiger partial charge on any atom is -0.494 e. The zero-order valence-electron chi connectivity index (χ0n) is 17.4. The summed E-state index contributed by atoms with van der Waals surface area (Å²) in [7, 11) is 1.67. The van der Waals surface area contributed by atoms with E-state index < -0.39 is 5.97 Å². The second-order valence-corrected chi connectivity index (χ2v) is 7.79. The van der Waals surface area contributed by atoms with Gasteiger partial charge in [-0.05, 0) is 43.2 Å². The fourth-order valence-electron chi connectivity index (χ4n) is 4.29. The van der Waals surface area contributed by atoms with Gasteiger partial charge in [-0.15, -0.1) is 0 Å². The first-order valence-corrected chi connectivity index (χ1v) is 10.2. The Morgan fingerprint density at radius 1 is 1.13 bits per heavy atom. The van der Waals surface area contributed by atoms with E-state index >= 15 is 0 Å². The molecule has 0 radical (unpaired) electrons. The molecule has 156 valence electrons. The van der Waals surface area contributed by atoms with Gasteiger partial charge >= 0.3 is 5.97 Å². The van der Waals surface area contributed by atoms with Crippen LogP contribution in [-0.4, -0.2) is 60.3 Å². The van der Waals surface area contributed by atoms with Crippen molar-refractivity contribution < 1.29 is 14.6 Å². The molecule has 2 heterocycles. The first kappa shape index (κ1) is 20.2. The Hall–Kier alpha value is -3.12. The molecule has 1 saturated heterocycles. The molecular formula is C24H27N3O3. The van der Waals surface area contributed by atoms with Crippen LogP contribution in [0.15, 0.2) is 54.6 Å². The van der Waals surface area contributed by atoms with Crippen LogP contribution < -0.4 is 9.64 Å². The van der Waals surface area contributed by atoms with Crippen molar-refractivity contribution >= 4 is 22.6 Å². The summed E-state index contributed by atoms with van der Waals surface area (Å²) in [6.45, 7) is 4.28. The highest BCUT2D eigenvalue weighted by atomic mass is 16.5. The van der Waals surface area contributed by atoms with E-state index in [2.05, 4.69) is 34.1 Å². The third-order valence-electron chi connectivity index (χ3n) is 5.75. The lowest BCUT2D eigenvalue weighted by atomic mass is 10.0. The normalized spacial score (nSPS) is 17.3. The Bertz CT molecular complexity index is 1040. The quantitative estimate of drug-likeness (QED) is 0.678. The lowest BCUT2D eigenvalue weighted by molar-refractivity contribution is -0.139. The number of fused-ring (bicyclic) bond motifs is 1. The van der Waals surface area contributed by atoms with Crippen LogP contribution in [0.3, 0.4) is 0 Å². The largest absolute Gasteiger partial charge is 0.494 e. The van der Waals surface area contributed by atoms with E-state index in [0.29, 0.717) is 6.54 Å². The zero-order valence-corrected chi connectivity index (χ0v) is 17.4. The summed E-state index contributed by atoms with van der Waals surface area (Å²) in [5, 5.41) is 10.4. The topological polar surface area (TPSA) is 65.9 Å². The molecule has 0 spiro atoms. The second-order valence-electron chi connectivity index (χ2n) is 7.79. The molecule has 4 rings (SSSR count). The van der Waals surface area contributed by atoms with Crippen LogP contribution in [0.4, 0.5) is 5.69 Å². The molecule has 1 atom stereocenters. The second kappa shape index (κ2) is 8.71. The van der Waals surface area contributed by atoms with Gasteiger partial charge in [0.25, 0.3) is 0 Å². The van der Waals surface area contributed by atoms with Crippen LogP contribution >= 0.6 is 0 Å². The number of carbonyl (C=O) groups is 1. The van der Waals surface area contributed by atoms with Gasteiger partial charge in [-0.25, -0.2) is 4.98 Å². The predicted molar refractivity (Wildman–Crippen MR) is 118 cm³/mol. The highest BCUT2D eigenvalue weighted by molar-refractivity contribution is 5.96. The number of pyridine rings is 1. The summed E-state index contributed by atoms with van der Waals surface area (Å²) in [5.74, 6) is -0.0149. The number of ether oxygens (including phenoxy) is 1. The van der Waals surface area contributed by atoms with Gasteiger partial charge in [0.05, 0.1) is 13.7 Å². The minimum absolute atomic E-state index is 0.0649. The van der Waals surface area contributed by atoms with E-state index in [9.17, 15) is 9.90 Å². The molecule has 1 aromatic heterocycles. The molecule has 1 aliphatic heterocycles. The average molecular weight is 405 g/mol. The van der Waals surface area contributed by atoms with Gasteiger partial charge < -0.3 is 14.7 Å². The number of piperazine rings is 1. The number of carboxylic acid groups (broad SMARTS) is 1. The maximum atomic E-state index is 11.4. The van der Waals surface area contributed by atoms with Crippen molar-refractivity contribution in [3.8, 4) is 5.75 Å². The van der Waals surface area contributed by atoms with Crippen molar-refractivity contribution in [3.63, 3.8) is 0 Å². The molecule has 30 heavy (non-hydrogen) atoms. The first-order chi connectivity index (χ1) is 14.5. The summed E-state index contributed by atoms with van der Waals surface area (Å²) in [4.78, 5) is 20.6. The van der Waals surface area contributed by atoms with Crippen molar-refractivity contribution in [2.75, 3.05) is 38.2 Å². The van der Waals surface area contributed by atoms with E-state index in [4.69, 9.17) is 9.72 Å². The number of aromatic nitrogens is 1. The maximum Gasteiger partial charge on any atom is 0.317 e. The van der Waals surface area contributed by atoms with E-state index in [1.165, 1.54) is 5.56 Å². The third kappa shape index (κ3) is 4.24. The summed E-state index contributed by atoms with van der Waals surface area (Å²) < 4.78 is 5.53. The number of anilines is 1. The van der Waals surface area contributed by atoms with Crippen molar-refractivity contribution in [1.82, 2.24) is 9.88 Å². The van der Waals surface area contributed by atoms with Crippen LogP contribution in [0.5, 0.6) is 5.75 Å². The molecule has 1 unspecified atom stereocenters. The number of hydrogen-bond donors (Lipinski definition) is 1. The maximum absolute atomic E-state index is 11.4. The van der Waals surface area contributed by atoms with E-state index in [0.717, 1.165) is 47.5 Å². The summed E-state index contributed by atoms with van der Waals surface area (Å²) in [5.41, 5.74) is 4.15. The number of nitrogens with zero attached hydrogens (tertiary/aromatic N) is 3. The van der Waals surface area contributed by atoms with Gasteiger partial charge in [-0.2, -0.15) is 0 Å². The number of methoxy groups -OCH3 is 1. The van der Waals surface area contributed by atoms with Crippen LogP contribution in [0, 0.1) is 6.92 Å². The number of benzene rings is 2. The number of rotatable bonds is 6. The lowest BCUT2D eigenvalue weighted by Gasteiger charge is -2.42. The Morgan fingerprint density at radius 3 is 2.67 bits per heavy atom. The zero-order chi connectivity index (χ0) is 21.1. The van der Waals surface area contributed by atoms with Gasteiger partial charge in [0, 0.05) is 42.4 Å². The van der Waals surface area contributed by atoms with Crippen molar-refractivity contribution in [1.29, 1.82) is 0 Å². The fraction of sp³-hybridized carbons (Fsp3) is 0.333. The summed E-state index contributed by atoms with van der Waals surface area (Å²) >= 11 is 0. The standard InChI is InChI=1S/C24H27N3O3/c1-17-8-9-20-21(10-11-22(30-2)24(20)25-17)27-13-12-26(16-23(28)29)19(15-27)14-18-6-4-3-5-7-18/h3-11,19H,12-16H2,1-2H3,(H,28,29). The van der Waals surface area contributed by atoms with E-state index in [-0.39, 0.29) is 12.6 Å². The Balaban J connectivity index is 1.66. The SMILES string of the molecule is COc1ccc(N2CCN(CC(=O)O)C(Cc3ccccc3)C2)c2ccc(C)nc12. The molecule has 6 nitrogen and oxygen atoms in total. The Kier molecular flexibility index (Phi) is 5.86. The van der Waals surface area contributed by atoms with Crippen LogP contribution in [0.1, 0.15) is 11.3 Å². The molecule has 0 aliphatic carbocycles. The Labute approximate surface area is 176 Å². The van der Waals surface area contributed by atoms with Gasteiger partial charge in [0.15, 0.2) is 0 Å². The Morgan fingerprint density at radius 2 is 1.93 bits per heavy atom. The van der Waals surface area contributed by atoms with E-state index in [1.54, 1.807) is 7.11 Å². The highest BCUT2D eigenvalue weighted by Crippen LogP contribution is 2.34. The van der Waals surface area contributed by atoms with Gasteiger partial charge in [-0.3, -0.25) is 9.69 Å². The summed E-state index contributed by atoms with van der Waals surface area (Å²) in [6.07, 6.45) is 0.816. The van der Waals surface area contributed by atoms with Crippen LogP contribution in [0.25, 0.3) is 10.9 Å². The number of aliphatic carboxylic acids is 1. The molecule has 1 aliphatic rings. The highest BCUT2D eigenvalue weighted by Gasteiger charge is 2.29. The molecular weight excluding hydrogens is 378 g/mol. The average Bonchev–Trinajstić information content (AvgIpc) is 2.74. The molecule has 1 fully saturated rings.